The molecule has 0 aromatic carbocycles. The molecule has 0 radical (unpaired) electrons. The summed E-state index contributed by atoms with van der Waals surface area (Å²) in [5.74, 6) is -3.09. The van der Waals surface area contributed by atoms with Crippen LogP contribution in [0.1, 0.15) is 0 Å². The number of imidazole rings is 1. The Morgan fingerprint density at radius 1 is 1.21 bits per heavy atom. The summed E-state index contributed by atoms with van der Waals surface area (Å²) < 4.78 is 54.9. The van der Waals surface area contributed by atoms with Crippen molar-refractivity contribution in [3.05, 3.63) is 33.4 Å². The Labute approximate surface area is 235 Å². The molecule has 4 aromatic heterocycles. The smallest absolute Gasteiger partial charge is 0.326 e. The molecule has 0 saturated carbocycles. The van der Waals surface area contributed by atoms with Gasteiger partial charge in [-0.1, -0.05) is 5.21 Å². The highest BCUT2D eigenvalue weighted by atomic mass is 32.5. The van der Waals surface area contributed by atoms with E-state index in [1.54, 1.807) is 0 Å². The number of aromatic amines is 2. The van der Waals surface area contributed by atoms with E-state index in [0.29, 0.717) is 4.68 Å². The summed E-state index contributed by atoms with van der Waals surface area (Å²) in [6.07, 6.45) is -5.12. The number of hydrogen-bond acceptors (Lipinski definition) is 15. The van der Waals surface area contributed by atoms with Crippen molar-refractivity contribution in [1.29, 1.82) is 0 Å². The first-order chi connectivity index (χ1) is 19.9. The molecule has 6 heterocycles. The fraction of sp³-hybridized carbons (Fsp3) is 0.526. The number of aliphatic hydroxyl groups is 2. The van der Waals surface area contributed by atoms with Crippen molar-refractivity contribution in [1.82, 2.24) is 44.5 Å². The Balaban J connectivity index is 1.26. The summed E-state index contributed by atoms with van der Waals surface area (Å²) in [5, 5.41) is 27.5. The van der Waals surface area contributed by atoms with Gasteiger partial charge in [-0.3, -0.25) is 23.7 Å². The number of alkyl halides is 2. The second-order valence-corrected chi connectivity index (χ2v) is 12.2. The number of nitrogens with two attached hydrogens (primary N) is 1. The molecule has 1 unspecified atom stereocenters. The Morgan fingerprint density at radius 3 is 2.71 bits per heavy atom. The van der Waals surface area contributed by atoms with E-state index in [-0.39, 0.29) is 28.3 Å². The lowest BCUT2D eigenvalue weighted by molar-refractivity contribution is -0.0754. The molecule has 2 aliphatic rings. The first kappa shape index (κ1) is 28.8. The van der Waals surface area contributed by atoms with Gasteiger partial charge in [-0.25, -0.2) is 18.7 Å². The van der Waals surface area contributed by atoms with Crippen LogP contribution in [-0.2, 0) is 41.8 Å². The van der Waals surface area contributed by atoms with Crippen LogP contribution in [0.3, 0.4) is 0 Å². The van der Waals surface area contributed by atoms with Gasteiger partial charge in [-0.15, -0.1) is 5.10 Å². The van der Waals surface area contributed by atoms with Crippen molar-refractivity contribution >= 4 is 46.8 Å². The Hall–Kier alpha value is -3.34. The summed E-state index contributed by atoms with van der Waals surface area (Å²) in [4.78, 5) is 51.4. The number of fused-ring (bicyclic) bond motifs is 2. The fourth-order valence-corrected chi connectivity index (χ4v) is 6.37. The van der Waals surface area contributed by atoms with Crippen LogP contribution < -0.4 is 16.9 Å². The predicted molar refractivity (Wildman–Crippen MR) is 137 cm³/mol. The van der Waals surface area contributed by atoms with Crippen molar-refractivity contribution in [3.63, 3.8) is 0 Å². The molecule has 2 fully saturated rings. The molecule has 7 atom stereocenters. The van der Waals surface area contributed by atoms with Crippen molar-refractivity contribution in [2.24, 2.45) is 0 Å². The summed E-state index contributed by atoms with van der Waals surface area (Å²) in [7, 11) is 0. The van der Waals surface area contributed by atoms with Crippen LogP contribution in [0.15, 0.2) is 22.2 Å². The SMILES string of the molecule is Nc1nc2c(ncn2[C@]2(OP(O)(=S)OC[C@H]3OC[C@](F)(n4nnc5c(=O)[nH]cnc54)[C@@H]3O)CO[C@H](CO)[C@H]2F)c(=O)[nH]1. The molecule has 42 heavy (non-hydrogen) atoms. The van der Waals surface area contributed by atoms with Gasteiger partial charge >= 0.3 is 6.72 Å². The molecule has 23 heteroatoms. The van der Waals surface area contributed by atoms with Crippen molar-refractivity contribution in [3.8, 4) is 0 Å². The largest absolute Gasteiger partial charge is 0.394 e. The number of rotatable bonds is 8. The molecule has 0 spiro atoms. The third kappa shape index (κ3) is 4.42. The maximum absolute atomic E-state index is 15.9. The molecule has 6 rings (SSSR count). The maximum Gasteiger partial charge on any atom is 0.326 e. The number of aromatic nitrogens is 9. The van der Waals surface area contributed by atoms with Crippen LogP contribution in [0, 0.1) is 0 Å². The van der Waals surface area contributed by atoms with E-state index in [1.165, 1.54) is 0 Å². The van der Waals surface area contributed by atoms with Gasteiger partial charge in [0.1, 0.15) is 24.9 Å². The number of H-pyrrole nitrogens is 2. The highest BCUT2D eigenvalue weighted by molar-refractivity contribution is 8.07. The van der Waals surface area contributed by atoms with Crippen LogP contribution in [0.25, 0.3) is 22.3 Å². The molecule has 0 aliphatic carbocycles. The lowest BCUT2D eigenvalue weighted by Gasteiger charge is -2.34. The second kappa shape index (κ2) is 10.1. The number of ether oxygens (including phenoxy) is 2. The minimum atomic E-state index is -4.52. The number of nitrogens with zero attached hydrogens (tertiary/aromatic N) is 7. The topological polar surface area (TPSA) is 264 Å². The third-order valence-electron chi connectivity index (χ3n) is 6.85. The number of hydrogen-bond donors (Lipinski definition) is 6. The minimum Gasteiger partial charge on any atom is -0.394 e. The van der Waals surface area contributed by atoms with Crippen LogP contribution in [0.5, 0.6) is 0 Å². The molecule has 7 N–H and O–H groups in total. The summed E-state index contributed by atoms with van der Waals surface area (Å²) >= 11 is 5.10. The number of aliphatic hydroxyl groups excluding tert-OH is 2. The number of halogens is 2. The fourth-order valence-electron chi connectivity index (χ4n) is 4.77. The first-order valence-electron chi connectivity index (χ1n) is 12.0. The van der Waals surface area contributed by atoms with E-state index < -0.39 is 80.3 Å². The molecule has 226 valence electrons. The maximum atomic E-state index is 15.9. The average Bonchev–Trinajstić information content (AvgIpc) is 3.70. The van der Waals surface area contributed by atoms with Crippen LogP contribution in [-0.4, -0.2) is 110 Å². The summed E-state index contributed by atoms with van der Waals surface area (Å²) in [5.41, 5.74) is 0.801. The van der Waals surface area contributed by atoms with E-state index in [0.717, 1.165) is 17.2 Å². The third-order valence-corrected chi connectivity index (χ3v) is 8.41. The molecule has 2 aliphatic heterocycles. The molecular weight excluding hydrogens is 613 g/mol. The Bertz CT molecular complexity index is 1840. The lowest BCUT2D eigenvalue weighted by Crippen LogP contribution is -2.47. The first-order valence-corrected chi connectivity index (χ1v) is 14.6. The number of nitrogen functional groups attached to an aromatic ring is 1. The number of nitrogens with one attached hydrogen (secondary N) is 2. The molecule has 0 bridgehead atoms. The van der Waals surface area contributed by atoms with Gasteiger partial charge in [0.15, 0.2) is 28.5 Å². The monoisotopic (exact) mass is 634 g/mol. The molecule has 19 nitrogen and oxygen atoms in total. The Morgan fingerprint density at radius 2 is 1.98 bits per heavy atom. The van der Waals surface area contributed by atoms with E-state index in [9.17, 15) is 24.7 Å². The van der Waals surface area contributed by atoms with Gasteiger partial charge in [0.05, 0.1) is 32.5 Å². The zero-order chi connectivity index (χ0) is 30.0. The van der Waals surface area contributed by atoms with E-state index in [2.05, 4.69) is 35.2 Å². The zero-order valence-corrected chi connectivity index (χ0v) is 22.6. The van der Waals surface area contributed by atoms with Gasteiger partial charge in [0.2, 0.25) is 11.7 Å². The molecular formula is C19H21F2N10O9PS. The van der Waals surface area contributed by atoms with E-state index in [4.69, 9.17) is 36.1 Å². The van der Waals surface area contributed by atoms with Gasteiger partial charge in [0.25, 0.3) is 16.9 Å². The van der Waals surface area contributed by atoms with Crippen molar-refractivity contribution in [2.45, 2.75) is 36.0 Å². The Kier molecular flexibility index (Phi) is 6.94. The molecule has 2 saturated heterocycles. The van der Waals surface area contributed by atoms with Crippen molar-refractivity contribution in [2.75, 3.05) is 32.2 Å². The standard InChI is InChI=1S/C19H21F2N10O9PS/c20-11-7(1-32)38-4-19(11,30-6-25-9-14(30)26-17(22)27-16(9)35)40-41(36,42)39-2-8-12(33)18(21,3-37-8)31-13-10(28-29-31)15(34)24-5-23-13/h5-8,11-12,32-33H,1-4H2,(H,36,42)(H,23,24,34)(H3,22,26,27,35)/t7-,8-,11-,12-,18+,19+,41?/m1/s1. The van der Waals surface area contributed by atoms with Gasteiger partial charge in [0, 0.05) is 0 Å². The van der Waals surface area contributed by atoms with Gasteiger partial charge in [-0.2, -0.15) is 9.67 Å². The van der Waals surface area contributed by atoms with Crippen LogP contribution in [0.2, 0.25) is 0 Å². The highest BCUT2D eigenvalue weighted by Crippen LogP contribution is 2.54. The quantitative estimate of drug-likeness (QED) is 0.107. The minimum absolute atomic E-state index is 0.250. The summed E-state index contributed by atoms with van der Waals surface area (Å²) in [6.45, 7) is -7.50. The van der Waals surface area contributed by atoms with E-state index >= 15 is 8.78 Å². The van der Waals surface area contributed by atoms with Gasteiger partial charge < -0.3 is 39.8 Å². The normalized spacial score (nSPS) is 31.3. The van der Waals surface area contributed by atoms with Crippen LogP contribution >= 0.6 is 6.72 Å². The predicted octanol–water partition coefficient (Wildman–Crippen LogP) is -2.76. The highest BCUT2D eigenvalue weighted by Gasteiger charge is 2.58. The molecule has 0 amide bonds. The zero-order valence-electron chi connectivity index (χ0n) is 20.9. The lowest BCUT2D eigenvalue weighted by atomic mass is 10.1. The van der Waals surface area contributed by atoms with E-state index in [1.807, 2.05) is 0 Å². The molecule has 4 aromatic rings. The summed E-state index contributed by atoms with van der Waals surface area (Å²) in [6, 6.07) is 0. The average molecular weight is 634 g/mol. The van der Waals surface area contributed by atoms with Gasteiger partial charge in [-0.05, 0) is 11.8 Å². The second-order valence-electron chi connectivity index (χ2n) is 9.39. The van der Waals surface area contributed by atoms with Crippen LogP contribution in [0.4, 0.5) is 14.7 Å². The van der Waals surface area contributed by atoms with Crippen molar-refractivity contribution < 1.29 is 42.4 Å². The number of anilines is 1.